The van der Waals surface area contributed by atoms with Crippen LogP contribution in [0.2, 0.25) is 0 Å². The molecule has 0 amide bonds. The fourth-order valence-electron chi connectivity index (χ4n) is 2.03. The second kappa shape index (κ2) is 6.71. The summed E-state index contributed by atoms with van der Waals surface area (Å²) >= 11 is 0. The van der Waals surface area contributed by atoms with Gasteiger partial charge in [0, 0.05) is 31.4 Å². The van der Waals surface area contributed by atoms with Crippen LogP contribution in [0.25, 0.3) is 0 Å². The second-order valence-corrected chi connectivity index (χ2v) is 4.61. The third-order valence-corrected chi connectivity index (χ3v) is 3.11. The molecule has 0 aliphatic heterocycles. The molecule has 1 aromatic rings. The Morgan fingerprint density at radius 1 is 1.44 bits per heavy atom. The first-order chi connectivity index (χ1) is 8.51. The Bertz CT molecular complexity index is 394. The predicted octanol–water partition coefficient (Wildman–Crippen LogP) is 2.36. The van der Waals surface area contributed by atoms with E-state index in [2.05, 4.69) is 4.90 Å². The molecule has 3 N–H and O–H groups in total. The van der Waals surface area contributed by atoms with Crippen LogP contribution in [-0.4, -0.2) is 24.8 Å². The zero-order chi connectivity index (χ0) is 13.7. The predicted molar refractivity (Wildman–Crippen MR) is 73.3 cm³/mol. The number of nitrogens with two attached hydrogens (primary N) is 1. The standard InChI is InChI=1S/C14H23FN2O/c1-4-17(6-5-7-18)14-8-10(2)13(15)9-12(14)11(3)16/h8-9,11,18H,4-7,16H2,1-3H3. The number of nitrogens with zero attached hydrogens (tertiary/aromatic N) is 1. The maximum Gasteiger partial charge on any atom is 0.126 e. The van der Waals surface area contributed by atoms with Gasteiger partial charge in [-0.05, 0) is 50.5 Å². The maximum atomic E-state index is 13.6. The molecular weight excluding hydrogens is 231 g/mol. The van der Waals surface area contributed by atoms with Gasteiger partial charge in [0.2, 0.25) is 0 Å². The molecule has 1 atom stereocenters. The highest BCUT2D eigenvalue weighted by Gasteiger charge is 2.15. The van der Waals surface area contributed by atoms with Crippen LogP contribution in [0.4, 0.5) is 10.1 Å². The molecule has 0 saturated heterocycles. The molecule has 1 unspecified atom stereocenters. The fourth-order valence-corrected chi connectivity index (χ4v) is 2.03. The minimum absolute atomic E-state index is 0.157. The van der Waals surface area contributed by atoms with Gasteiger partial charge in [-0.2, -0.15) is 0 Å². The van der Waals surface area contributed by atoms with Crippen LogP contribution < -0.4 is 10.6 Å². The van der Waals surface area contributed by atoms with Crippen LogP contribution in [0.5, 0.6) is 0 Å². The van der Waals surface area contributed by atoms with Crippen LogP contribution >= 0.6 is 0 Å². The highest BCUT2D eigenvalue weighted by atomic mass is 19.1. The molecule has 3 nitrogen and oxygen atoms in total. The van der Waals surface area contributed by atoms with Gasteiger partial charge in [0.05, 0.1) is 0 Å². The molecule has 0 radical (unpaired) electrons. The van der Waals surface area contributed by atoms with E-state index in [0.29, 0.717) is 12.0 Å². The lowest BCUT2D eigenvalue weighted by Gasteiger charge is -2.27. The van der Waals surface area contributed by atoms with Crippen molar-refractivity contribution in [3.05, 3.63) is 29.1 Å². The summed E-state index contributed by atoms with van der Waals surface area (Å²) < 4.78 is 13.6. The van der Waals surface area contributed by atoms with Crippen molar-refractivity contribution in [1.29, 1.82) is 0 Å². The van der Waals surface area contributed by atoms with Crippen molar-refractivity contribution in [3.8, 4) is 0 Å². The van der Waals surface area contributed by atoms with Gasteiger partial charge in [0.1, 0.15) is 5.82 Å². The monoisotopic (exact) mass is 254 g/mol. The number of rotatable bonds is 6. The van der Waals surface area contributed by atoms with Gasteiger partial charge in [-0.25, -0.2) is 4.39 Å². The Kier molecular flexibility index (Phi) is 5.56. The fraction of sp³-hybridized carbons (Fsp3) is 0.571. The molecule has 0 bridgehead atoms. The largest absolute Gasteiger partial charge is 0.396 e. The summed E-state index contributed by atoms with van der Waals surface area (Å²) in [6, 6.07) is 3.16. The highest BCUT2D eigenvalue weighted by molar-refractivity contribution is 5.57. The lowest BCUT2D eigenvalue weighted by atomic mass is 10.0. The summed E-state index contributed by atoms with van der Waals surface area (Å²) in [7, 11) is 0. The molecule has 0 aromatic heterocycles. The smallest absolute Gasteiger partial charge is 0.126 e. The lowest BCUT2D eigenvalue weighted by molar-refractivity contribution is 0.289. The Morgan fingerprint density at radius 2 is 2.11 bits per heavy atom. The quantitative estimate of drug-likeness (QED) is 0.819. The van der Waals surface area contributed by atoms with Crippen LogP contribution in [0.3, 0.4) is 0 Å². The number of anilines is 1. The summed E-state index contributed by atoms with van der Waals surface area (Å²) in [4.78, 5) is 2.13. The van der Waals surface area contributed by atoms with Crippen molar-refractivity contribution >= 4 is 5.69 Å². The number of aliphatic hydroxyl groups is 1. The van der Waals surface area contributed by atoms with Gasteiger partial charge in [0.25, 0.3) is 0 Å². The number of hydrogen-bond acceptors (Lipinski definition) is 3. The zero-order valence-corrected chi connectivity index (χ0v) is 11.4. The Labute approximate surface area is 108 Å². The number of hydrogen-bond donors (Lipinski definition) is 2. The van der Waals surface area contributed by atoms with Gasteiger partial charge >= 0.3 is 0 Å². The van der Waals surface area contributed by atoms with Crippen LogP contribution in [0.1, 0.15) is 37.4 Å². The summed E-state index contributed by atoms with van der Waals surface area (Å²) in [6.07, 6.45) is 0.697. The molecule has 1 rings (SSSR count). The Hall–Kier alpha value is -1.13. The highest BCUT2D eigenvalue weighted by Crippen LogP contribution is 2.28. The lowest BCUT2D eigenvalue weighted by Crippen LogP contribution is -2.27. The first-order valence-electron chi connectivity index (χ1n) is 6.42. The molecule has 1 aromatic carbocycles. The molecule has 102 valence electrons. The third-order valence-electron chi connectivity index (χ3n) is 3.11. The molecule has 18 heavy (non-hydrogen) atoms. The Balaban J connectivity index is 3.14. The first-order valence-corrected chi connectivity index (χ1v) is 6.42. The minimum Gasteiger partial charge on any atom is -0.396 e. The van der Waals surface area contributed by atoms with Gasteiger partial charge in [-0.15, -0.1) is 0 Å². The average Bonchev–Trinajstić information content (AvgIpc) is 2.33. The average molecular weight is 254 g/mol. The second-order valence-electron chi connectivity index (χ2n) is 4.61. The SMILES string of the molecule is CCN(CCCO)c1cc(C)c(F)cc1C(C)N. The summed E-state index contributed by atoms with van der Waals surface area (Å²) in [5.74, 6) is -0.218. The number of benzene rings is 1. The zero-order valence-electron chi connectivity index (χ0n) is 11.4. The van der Waals surface area contributed by atoms with Crippen LogP contribution in [0.15, 0.2) is 12.1 Å². The third kappa shape index (κ3) is 3.43. The van der Waals surface area contributed by atoms with Gasteiger partial charge in [0.15, 0.2) is 0 Å². The number of aliphatic hydroxyl groups excluding tert-OH is 1. The van der Waals surface area contributed by atoms with Crippen molar-refractivity contribution in [2.45, 2.75) is 33.2 Å². The molecular formula is C14H23FN2O. The minimum atomic E-state index is -0.218. The van der Waals surface area contributed by atoms with Crippen molar-refractivity contribution in [2.75, 3.05) is 24.6 Å². The van der Waals surface area contributed by atoms with Crippen molar-refractivity contribution in [3.63, 3.8) is 0 Å². The molecule has 0 fully saturated rings. The van der Waals surface area contributed by atoms with E-state index >= 15 is 0 Å². The number of halogens is 1. The molecule has 0 aliphatic carbocycles. The summed E-state index contributed by atoms with van der Waals surface area (Å²) in [5, 5.41) is 8.92. The van der Waals surface area contributed by atoms with Crippen molar-refractivity contribution in [2.24, 2.45) is 5.73 Å². The summed E-state index contributed by atoms with van der Waals surface area (Å²) in [6.45, 7) is 7.37. The van der Waals surface area contributed by atoms with E-state index in [1.807, 2.05) is 19.9 Å². The van der Waals surface area contributed by atoms with E-state index in [-0.39, 0.29) is 18.5 Å². The van der Waals surface area contributed by atoms with E-state index in [0.717, 1.165) is 24.3 Å². The molecule has 4 heteroatoms. The van der Waals surface area contributed by atoms with Crippen molar-refractivity contribution < 1.29 is 9.50 Å². The van der Waals surface area contributed by atoms with E-state index < -0.39 is 0 Å². The van der Waals surface area contributed by atoms with Gasteiger partial charge in [-0.3, -0.25) is 0 Å². The normalized spacial score (nSPS) is 12.6. The molecule has 0 spiro atoms. The van der Waals surface area contributed by atoms with E-state index in [1.54, 1.807) is 6.92 Å². The topological polar surface area (TPSA) is 49.5 Å². The number of aryl methyl sites for hydroxylation is 1. The van der Waals surface area contributed by atoms with Crippen LogP contribution in [-0.2, 0) is 0 Å². The van der Waals surface area contributed by atoms with Crippen molar-refractivity contribution in [1.82, 2.24) is 0 Å². The first kappa shape index (κ1) is 14.9. The Morgan fingerprint density at radius 3 is 2.61 bits per heavy atom. The van der Waals surface area contributed by atoms with Gasteiger partial charge < -0.3 is 15.7 Å². The molecule has 0 aliphatic rings. The van der Waals surface area contributed by atoms with E-state index in [9.17, 15) is 4.39 Å². The van der Waals surface area contributed by atoms with Gasteiger partial charge in [-0.1, -0.05) is 0 Å². The summed E-state index contributed by atoms with van der Waals surface area (Å²) in [5.41, 5.74) is 8.32. The van der Waals surface area contributed by atoms with E-state index in [4.69, 9.17) is 10.8 Å². The van der Waals surface area contributed by atoms with Crippen LogP contribution in [0, 0.1) is 12.7 Å². The van der Waals surface area contributed by atoms with E-state index in [1.165, 1.54) is 6.07 Å². The maximum absolute atomic E-state index is 13.6. The molecule has 0 saturated carbocycles. The molecule has 0 heterocycles.